The van der Waals surface area contributed by atoms with Gasteiger partial charge in [-0.1, -0.05) is 55.5 Å². The molecule has 0 radical (unpaired) electrons. The molecule has 0 saturated carbocycles. The average Bonchev–Trinajstić information content (AvgIpc) is 2.57. The SMILES string of the molecule is CCc1cccc(C)c1NC(=O)CCNC(=O)Cc1ccccc1. The summed E-state index contributed by atoms with van der Waals surface area (Å²) >= 11 is 0. The van der Waals surface area contributed by atoms with Crippen molar-refractivity contribution in [3.63, 3.8) is 0 Å². The zero-order valence-electron chi connectivity index (χ0n) is 14.3. The minimum atomic E-state index is -0.0842. The molecule has 0 heterocycles. The Bertz CT molecular complexity index is 696. The van der Waals surface area contributed by atoms with E-state index in [-0.39, 0.29) is 18.2 Å². The summed E-state index contributed by atoms with van der Waals surface area (Å²) in [6.45, 7) is 4.38. The first-order valence-electron chi connectivity index (χ1n) is 8.29. The lowest BCUT2D eigenvalue weighted by atomic mass is 10.1. The molecule has 0 saturated heterocycles. The highest BCUT2D eigenvalue weighted by Crippen LogP contribution is 2.21. The van der Waals surface area contributed by atoms with Crippen molar-refractivity contribution >= 4 is 17.5 Å². The van der Waals surface area contributed by atoms with E-state index < -0.39 is 0 Å². The van der Waals surface area contributed by atoms with E-state index in [1.54, 1.807) is 0 Å². The maximum absolute atomic E-state index is 12.1. The van der Waals surface area contributed by atoms with Gasteiger partial charge < -0.3 is 10.6 Å². The normalized spacial score (nSPS) is 10.2. The molecule has 0 aromatic heterocycles. The van der Waals surface area contributed by atoms with Crippen molar-refractivity contribution in [3.8, 4) is 0 Å². The van der Waals surface area contributed by atoms with Crippen molar-refractivity contribution in [2.75, 3.05) is 11.9 Å². The van der Waals surface area contributed by atoms with E-state index in [1.165, 1.54) is 0 Å². The van der Waals surface area contributed by atoms with E-state index in [0.717, 1.165) is 28.8 Å². The summed E-state index contributed by atoms with van der Waals surface area (Å²) in [6, 6.07) is 15.6. The number of nitrogens with one attached hydrogen (secondary N) is 2. The Labute approximate surface area is 143 Å². The van der Waals surface area contributed by atoms with Crippen LogP contribution in [0.1, 0.15) is 30.0 Å². The Morgan fingerprint density at radius 1 is 0.958 bits per heavy atom. The van der Waals surface area contributed by atoms with E-state index >= 15 is 0 Å². The molecule has 2 amide bonds. The lowest BCUT2D eigenvalue weighted by Crippen LogP contribution is -2.29. The Morgan fingerprint density at radius 3 is 2.42 bits per heavy atom. The molecule has 0 bridgehead atoms. The lowest BCUT2D eigenvalue weighted by molar-refractivity contribution is -0.120. The molecule has 2 rings (SSSR count). The number of benzene rings is 2. The monoisotopic (exact) mass is 324 g/mol. The fraction of sp³-hybridized carbons (Fsp3) is 0.300. The number of carbonyl (C=O) groups is 2. The zero-order valence-corrected chi connectivity index (χ0v) is 14.3. The molecule has 0 aliphatic heterocycles. The second-order valence-electron chi connectivity index (χ2n) is 5.77. The van der Waals surface area contributed by atoms with Crippen LogP contribution in [0.15, 0.2) is 48.5 Å². The van der Waals surface area contributed by atoms with Gasteiger partial charge in [-0.05, 0) is 30.0 Å². The summed E-state index contributed by atoms with van der Waals surface area (Å²) in [5.74, 6) is -0.154. The largest absolute Gasteiger partial charge is 0.355 e. The van der Waals surface area contributed by atoms with Crippen LogP contribution in [0, 0.1) is 6.92 Å². The first kappa shape index (κ1) is 17.7. The van der Waals surface area contributed by atoms with Crippen LogP contribution in [0.3, 0.4) is 0 Å². The van der Waals surface area contributed by atoms with Crippen molar-refractivity contribution in [1.82, 2.24) is 5.32 Å². The van der Waals surface area contributed by atoms with Crippen molar-refractivity contribution in [1.29, 1.82) is 0 Å². The van der Waals surface area contributed by atoms with Crippen LogP contribution in [0.5, 0.6) is 0 Å². The van der Waals surface area contributed by atoms with E-state index in [1.807, 2.05) is 55.5 Å². The maximum Gasteiger partial charge on any atom is 0.226 e. The molecule has 0 atom stereocenters. The van der Waals surface area contributed by atoms with Gasteiger partial charge in [0.2, 0.25) is 11.8 Å². The number of hydrogen-bond donors (Lipinski definition) is 2. The number of anilines is 1. The molecule has 0 unspecified atom stereocenters. The molecule has 0 spiro atoms. The van der Waals surface area contributed by atoms with E-state index in [4.69, 9.17) is 0 Å². The third-order valence-corrected chi connectivity index (χ3v) is 3.89. The second kappa shape index (κ2) is 8.87. The fourth-order valence-electron chi connectivity index (χ4n) is 2.56. The highest BCUT2D eigenvalue weighted by molar-refractivity contribution is 5.92. The third-order valence-electron chi connectivity index (χ3n) is 3.89. The molecular weight excluding hydrogens is 300 g/mol. The first-order valence-corrected chi connectivity index (χ1v) is 8.29. The van der Waals surface area contributed by atoms with Crippen molar-refractivity contribution in [2.45, 2.75) is 33.1 Å². The quantitative estimate of drug-likeness (QED) is 0.821. The zero-order chi connectivity index (χ0) is 17.4. The van der Waals surface area contributed by atoms with Crippen molar-refractivity contribution in [2.24, 2.45) is 0 Å². The minimum absolute atomic E-state index is 0.0702. The topological polar surface area (TPSA) is 58.2 Å². The molecule has 126 valence electrons. The predicted molar refractivity (Wildman–Crippen MR) is 97.0 cm³/mol. The van der Waals surface area contributed by atoms with Crippen LogP contribution in [0.2, 0.25) is 0 Å². The average molecular weight is 324 g/mol. The van der Waals surface area contributed by atoms with Gasteiger partial charge in [-0.25, -0.2) is 0 Å². The molecular formula is C20H24N2O2. The van der Waals surface area contributed by atoms with Gasteiger partial charge in [0.15, 0.2) is 0 Å². The van der Waals surface area contributed by atoms with Crippen LogP contribution in [-0.4, -0.2) is 18.4 Å². The van der Waals surface area contributed by atoms with Gasteiger partial charge in [0.05, 0.1) is 6.42 Å². The predicted octanol–water partition coefficient (Wildman–Crippen LogP) is 3.24. The number of hydrogen-bond acceptors (Lipinski definition) is 2. The number of amides is 2. The Kier molecular flexibility index (Phi) is 6.55. The van der Waals surface area contributed by atoms with E-state index in [9.17, 15) is 9.59 Å². The minimum Gasteiger partial charge on any atom is -0.355 e. The van der Waals surface area contributed by atoms with Crippen molar-refractivity contribution in [3.05, 3.63) is 65.2 Å². The van der Waals surface area contributed by atoms with E-state index in [2.05, 4.69) is 17.6 Å². The molecule has 2 aromatic carbocycles. The number of rotatable bonds is 7. The summed E-state index contributed by atoms with van der Waals surface area (Å²) in [5.41, 5.74) is 4.03. The van der Waals surface area contributed by atoms with Crippen LogP contribution in [0.4, 0.5) is 5.69 Å². The van der Waals surface area contributed by atoms with Crippen molar-refractivity contribution < 1.29 is 9.59 Å². The Balaban J connectivity index is 1.79. The van der Waals surface area contributed by atoms with Gasteiger partial charge in [-0.3, -0.25) is 9.59 Å². The summed E-state index contributed by atoms with van der Waals surface area (Å²) < 4.78 is 0. The second-order valence-corrected chi connectivity index (χ2v) is 5.77. The highest BCUT2D eigenvalue weighted by Gasteiger charge is 2.09. The Morgan fingerprint density at radius 2 is 1.71 bits per heavy atom. The maximum atomic E-state index is 12.1. The Hall–Kier alpha value is -2.62. The molecule has 2 aromatic rings. The van der Waals surface area contributed by atoms with Gasteiger partial charge in [0, 0.05) is 18.7 Å². The fourth-order valence-corrected chi connectivity index (χ4v) is 2.56. The number of carbonyl (C=O) groups excluding carboxylic acids is 2. The lowest BCUT2D eigenvalue weighted by Gasteiger charge is -2.13. The molecule has 0 fully saturated rings. The van der Waals surface area contributed by atoms with Gasteiger partial charge in [-0.2, -0.15) is 0 Å². The summed E-state index contributed by atoms with van der Waals surface area (Å²) in [6.07, 6.45) is 1.46. The molecule has 4 nitrogen and oxygen atoms in total. The van der Waals surface area contributed by atoms with Gasteiger partial charge in [0.1, 0.15) is 0 Å². The summed E-state index contributed by atoms with van der Waals surface area (Å²) in [7, 11) is 0. The number of aryl methyl sites for hydroxylation is 2. The molecule has 4 heteroatoms. The van der Waals surface area contributed by atoms with Crippen LogP contribution in [0.25, 0.3) is 0 Å². The highest BCUT2D eigenvalue weighted by atomic mass is 16.2. The van der Waals surface area contributed by atoms with Crippen LogP contribution in [-0.2, 0) is 22.4 Å². The molecule has 24 heavy (non-hydrogen) atoms. The van der Waals surface area contributed by atoms with Gasteiger partial charge in [0.25, 0.3) is 0 Å². The van der Waals surface area contributed by atoms with Gasteiger partial charge >= 0.3 is 0 Å². The van der Waals surface area contributed by atoms with Crippen LogP contribution < -0.4 is 10.6 Å². The molecule has 0 aliphatic carbocycles. The molecule has 2 N–H and O–H groups in total. The third kappa shape index (κ3) is 5.23. The van der Waals surface area contributed by atoms with E-state index in [0.29, 0.717) is 13.0 Å². The van der Waals surface area contributed by atoms with Crippen LogP contribution >= 0.6 is 0 Å². The standard InChI is InChI=1S/C20H24N2O2/c1-3-17-11-7-8-15(2)20(17)22-18(23)12-13-21-19(24)14-16-9-5-4-6-10-16/h4-11H,3,12-14H2,1-2H3,(H,21,24)(H,22,23). The summed E-state index contributed by atoms with van der Waals surface area (Å²) in [5, 5.41) is 5.75. The number of para-hydroxylation sites is 1. The van der Waals surface area contributed by atoms with Gasteiger partial charge in [-0.15, -0.1) is 0 Å². The smallest absolute Gasteiger partial charge is 0.226 e. The summed E-state index contributed by atoms with van der Waals surface area (Å²) in [4.78, 5) is 24.0. The first-order chi connectivity index (χ1) is 11.6. The molecule has 0 aliphatic rings.